The Bertz CT molecular complexity index is 267. The average Bonchev–Trinajstić information content (AvgIpc) is 1.86. The summed E-state index contributed by atoms with van der Waals surface area (Å²) >= 11 is 5.19. The molecule has 0 saturated carbocycles. The van der Waals surface area contributed by atoms with E-state index in [0.29, 0.717) is 0 Å². The molecule has 1 nitrogen and oxygen atoms in total. The zero-order valence-corrected chi connectivity index (χ0v) is 10.1. The standard InChI is InChI=1S/C5H3BClF3N.K/c7-5-4(6(8,9)10)2-1-3-11-5;/h1-3H;/q-1;+1. The maximum Gasteiger partial charge on any atom is 1.00 e. The van der Waals surface area contributed by atoms with Gasteiger partial charge >= 0.3 is 58.4 Å². The topological polar surface area (TPSA) is 12.9 Å². The molecule has 0 saturated heterocycles. The third-order valence-electron chi connectivity index (χ3n) is 1.14. The molecule has 0 radical (unpaired) electrons. The van der Waals surface area contributed by atoms with Crippen LogP contribution in [0.2, 0.25) is 5.15 Å². The van der Waals surface area contributed by atoms with E-state index < -0.39 is 17.6 Å². The number of hydrogen-bond donors (Lipinski definition) is 0. The second kappa shape index (κ2) is 4.97. The van der Waals surface area contributed by atoms with Crippen molar-refractivity contribution >= 4 is 24.0 Å². The van der Waals surface area contributed by atoms with Gasteiger partial charge in [-0.15, -0.1) is 0 Å². The van der Waals surface area contributed by atoms with Gasteiger partial charge in [0.2, 0.25) is 0 Å². The number of pyridine rings is 1. The van der Waals surface area contributed by atoms with Crippen molar-refractivity contribution < 1.29 is 64.3 Å². The van der Waals surface area contributed by atoms with Crippen LogP contribution >= 0.6 is 11.6 Å². The molecule has 0 unspecified atom stereocenters. The number of rotatable bonds is 1. The van der Waals surface area contributed by atoms with Crippen LogP contribution in [0.4, 0.5) is 12.9 Å². The number of hydrogen-bond acceptors (Lipinski definition) is 1. The molecule has 12 heavy (non-hydrogen) atoms. The van der Waals surface area contributed by atoms with Crippen molar-refractivity contribution in [3.8, 4) is 0 Å². The van der Waals surface area contributed by atoms with Crippen molar-refractivity contribution in [3.63, 3.8) is 0 Å². The first-order valence-electron chi connectivity index (χ1n) is 2.82. The Hall–Kier alpha value is 0.931. The minimum Gasteiger partial charge on any atom is -0.445 e. The molecule has 1 rings (SSSR count). The first-order valence-corrected chi connectivity index (χ1v) is 3.20. The van der Waals surface area contributed by atoms with E-state index >= 15 is 0 Å². The van der Waals surface area contributed by atoms with Gasteiger partial charge in [0.25, 0.3) is 0 Å². The van der Waals surface area contributed by atoms with Crippen LogP contribution in [0.5, 0.6) is 0 Å². The predicted molar refractivity (Wildman–Crippen MR) is 38.0 cm³/mol. The van der Waals surface area contributed by atoms with Crippen molar-refractivity contribution in [2.75, 3.05) is 0 Å². The molecule has 0 atom stereocenters. The summed E-state index contributed by atoms with van der Waals surface area (Å²) in [6, 6.07) is 2.12. The third kappa shape index (κ3) is 3.35. The summed E-state index contributed by atoms with van der Waals surface area (Å²) in [5.74, 6) is 0. The summed E-state index contributed by atoms with van der Waals surface area (Å²) in [4.78, 5) is 3.31. The van der Waals surface area contributed by atoms with E-state index in [-0.39, 0.29) is 51.4 Å². The molecule has 0 aliphatic carbocycles. The molecule has 0 N–H and O–H groups in total. The summed E-state index contributed by atoms with van der Waals surface area (Å²) in [7, 11) is 0. The van der Waals surface area contributed by atoms with Gasteiger partial charge in [-0.1, -0.05) is 23.1 Å². The van der Waals surface area contributed by atoms with E-state index in [1.807, 2.05) is 0 Å². The molecule has 1 aromatic heterocycles. The zero-order valence-electron chi connectivity index (χ0n) is 6.27. The van der Waals surface area contributed by atoms with Crippen LogP contribution in [0, 0.1) is 0 Å². The van der Waals surface area contributed by atoms with Crippen LogP contribution in [-0.2, 0) is 0 Å². The smallest absolute Gasteiger partial charge is 0.445 e. The molecular formula is C5H3BClF3KN. The SMILES string of the molecule is F[B-](F)(F)c1cccnc1Cl.[K+]. The molecule has 1 heterocycles. The quantitative estimate of drug-likeness (QED) is 0.427. The first kappa shape index (κ1) is 12.9. The van der Waals surface area contributed by atoms with Crippen molar-refractivity contribution in [2.45, 2.75) is 0 Å². The van der Waals surface area contributed by atoms with Crippen LogP contribution in [0.1, 0.15) is 0 Å². The van der Waals surface area contributed by atoms with Gasteiger partial charge < -0.3 is 12.9 Å². The molecule has 0 spiro atoms. The molecule has 60 valence electrons. The van der Waals surface area contributed by atoms with E-state index in [4.69, 9.17) is 11.6 Å². The van der Waals surface area contributed by atoms with Gasteiger partial charge in [0.05, 0.1) is 0 Å². The molecule has 0 aliphatic heterocycles. The predicted octanol–water partition coefficient (Wildman–Crippen LogP) is -1.21. The largest absolute Gasteiger partial charge is 1.00 e. The maximum absolute atomic E-state index is 12.0. The van der Waals surface area contributed by atoms with Gasteiger partial charge in [-0.2, -0.15) is 0 Å². The molecule has 0 fully saturated rings. The minimum absolute atomic E-state index is 0. The molecular weight excluding hydrogens is 216 g/mol. The Morgan fingerprint density at radius 1 is 1.33 bits per heavy atom. The van der Waals surface area contributed by atoms with Crippen LogP contribution in [-0.4, -0.2) is 12.0 Å². The molecule has 0 aliphatic rings. The monoisotopic (exact) mass is 219 g/mol. The zero-order chi connectivity index (χ0) is 8.48. The normalized spacial score (nSPS) is 10.7. The fourth-order valence-corrected chi connectivity index (χ4v) is 0.886. The fourth-order valence-electron chi connectivity index (χ4n) is 0.643. The van der Waals surface area contributed by atoms with Crippen molar-refractivity contribution in [1.29, 1.82) is 0 Å². The number of halogens is 4. The Labute approximate surface area is 115 Å². The number of aromatic nitrogens is 1. The Kier molecular flexibility index (Phi) is 5.36. The van der Waals surface area contributed by atoms with E-state index in [9.17, 15) is 12.9 Å². The Balaban J connectivity index is 0.00000121. The van der Waals surface area contributed by atoms with Gasteiger partial charge in [-0.05, 0) is 6.07 Å². The maximum atomic E-state index is 12.0. The van der Waals surface area contributed by atoms with E-state index in [1.54, 1.807) is 0 Å². The van der Waals surface area contributed by atoms with Crippen LogP contribution in [0.3, 0.4) is 0 Å². The third-order valence-corrected chi connectivity index (χ3v) is 1.46. The molecule has 7 heteroatoms. The molecule has 0 amide bonds. The summed E-state index contributed by atoms with van der Waals surface area (Å²) in [6.45, 7) is -5.02. The van der Waals surface area contributed by atoms with Gasteiger partial charge in [0, 0.05) is 6.20 Å². The Morgan fingerprint density at radius 2 is 1.92 bits per heavy atom. The van der Waals surface area contributed by atoms with E-state index in [0.717, 1.165) is 6.07 Å². The molecule has 0 aromatic carbocycles. The molecule has 0 bridgehead atoms. The van der Waals surface area contributed by atoms with E-state index in [1.165, 1.54) is 12.3 Å². The molecule has 1 aromatic rings. The second-order valence-corrected chi connectivity index (χ2v) is 2.32. The van der Waals surface area contributed by atoms with Crippen LogP contribution < -0.4 is 56.8 Å². The summed E-state index contributed by atoms with van der Waals surface area (Å²) in [5.41, 5.74) is -0.839. The van der Waals surface area contributed by atoms with Gasteiger partial charge in [-0.25, -0.2) is 4.98 Å². The van der Waals surface area contributed by atoms with E-state index in [2.05, 4.69) is 4.98 Å². The number of nitrogens with zero attached hydrogens (tertiary/aromatic N) is 1. The first-order chi connectivity index (χ1) is 5.02. The van der Waals surface area contributed by atoms with Crippen LogP contribution in [0.15, 0.2) is 18.3 Å². The summed E-state index contributed by atoms with van der Waals surface area (Å²) < 4.78 is 36.0. The van der Waals surface area contributed by atoms with Crippen molar-refractivity contribution in [3.05, 3.63) is 23.5 Å². The van der Waals surface area contributed by atoms with Gasteiger partial charge in [-0.3, -0.25) is 0 Å². The van der Waals surface area contributed by atoms with Gasteiger partial charge in [0.15, 0.2) is 0 Å². The fraction of sp³-hybridized carbons (Fsp3) is 0. The van der Waals surface area contributed by atoms with Gasteiger partial charge in [0.1, 0.15) is 5.15 Å². The summed E-state index contributed by atoms with van der Waals surface area (Å²) in [5, 5.41) is -0.486. The average molecular weight is 219 g/mol. The van der Waals surface area contributed by atoms with Crippen LogP contribution in [0.25, 0.3) is 0 Å². The summed E-state index contributed by atoms with van der Waals surface area (Å²) in [6.07, 6.45) is 1.22. The van der Waals surface area contributed by atoms with Crippen molar-refractivity contribution in [1.82, 2.24) is 4.98 Å². The second-order valence-electron chi connectivity index (χ2n) is 1.96. The minimum atomic E-state index is -5.02. The van der Waals surface area contributed by atoms with Crippen molar-refractivity contribution in [2.24, 2.45) is 0 Å². The Morgan fingerprint density at radius 3 is 2.25 bits per heavy atom.